The Kier molecular flexibility index (Phi) is 6.39. The first-order chi connectivity index (χ1) is 24.2. The van der Waals surface area contributed by atoms with Gasteiger partial charge in [0, 0.05) is 48.0 Å². The number of thiophene rings is 1. The molecule has 2 aromatic heterocycles. The largest absolute Gasteiger partial charge is 0.456 e. The number of rotatable bonds is 5. The molecule has 0 atom stereocenters. The molecule has 0 N–H and O–H groups in total. The van der Waals surface area contributed by atoms with Gasteiger partial charge in [0.25, 0.3) is 0 Å². The van der Waals surface area contributed by atoms with Crippen molar-refractivity contribution < 1.29 is 4.42 Å². The SMILES string of the molecule is c1ccc(-c2ccc(N(c3ccc(-c4ccc5cc6c(cc5c4)oc4ccccc46)cc3)c3ccc4sc5ccccc5c4c3)cc2)cc1. The lowest BCUT2D eigenvalue weighted by molar-refractivity contribution is 0.669. The Bertz CT molecular complexity index is 2810. The molecule has 8 aromatic carbocycles. The van der Waals surface area contributed by atoms with Gasteiger partial charge < -0.3 is 9.32 Å². The smallest absolute Gasteiger partial charge is 0.136 e. The monoisotopic (exact) mass is 643 g/mol. The fraction of sp³-hybridized carbons (Fsp3) is 0. The molecule has 230 valence electrons. The Hall–Kier alpha value is -6.16. The highest BCUT2D eigenvalue weighted by Crippen LogP contribution is 2.42. The van der Waals surface area contributed by atoms with E-state index in [1.165, 1.54) is 53.2 Å². The topological polar surface area (TPSA) is 16.4 Å². The molecule has 3 heteroatoms. The van der Waals surface area contributed by atoms with Gasteiger partial charge in [-0.25, -0.2) is 0 Å². The zero-order valence-corrected chi connectivity index (χ0v) is 27.3. The zero-order chi connectivity index (χ0) is 32.3. The lowest BCUT2D eigenvalue weighted by atomic mass is 9.99. The highest BCUT2D eigenvalue weighted by atomic mass is 32.1. The molecule has 0 aliphatic rings. The number of para-hydroxylation sites is 1. The van der Waals surface area contributed by atoms with Gasteiger partial charge in [-0.05, 0) is 106 Å². The fourth-order valence-corrected chi connectivity index (χ4v) is 8.27. The number of fused-ring (bicyclic) bond motifs is 7. The minimum absolute atomic E-state index is 0.922. The summed E-state index contributed by atoms with van der Waals surface area (Å²) in [5.74, 6) is 0. The van der Waals surface area contributed by atoms with E-state index in [-0.39, 0.29) is 0 Å². The summed E-state index contributed by atoms with van der Waals surface area (Å²) < 4.78 is 8.82. The third-order valence-corrected chi connectivity index (χ3v) is 10.8. The average Bonchev–Trinajstić information content (AvgIpc) is 3.72. The van der Waals surface area contributed by atoms with Crippen LogP contribution in [0.15, 0.2) is 180 Å². The number of anilines is 3. The summed E-state index contributed by atoms with van der Waals surface area (Å²) in [5.41, 5.74) is 9.99. The molecule has 10 rings (SSSR count). The Morgan fingerprint density at radius 2 is 0.959 bits per heavy atom. The summed E-state index contributed by atoms with van der Waals surface area (Å²) in [5, 5.41) is 7.28. The molecule has 0 bridgehead atoms. The van der Waals surface area contributed by atoms with Crippen LogP contribution in [-0.2, 0) is 0 Å². The van der Waals surface area contributed by atoms with E-state index in [0.29, 0.717) is 0 Å². The molecule has 0 aliphatic carbocycles. The summed E-state index contributed by atoms with van der Waals surface area (Å²) in [6.45, 7) is 0. The molecule has 0 unspecified atom stereocenters. The molecule has 0 spiro atoms. The van der Waals surface area contributed by atoms with E-state index in [1.54, 1.807) is 0 Å². The van der Waals surface area contributed by atoms with Crippen molar-refractivity contribution >= 4 is 81.3 Å². The second-order valence-corrected chi connectivity index (χ2v) is 13.7. The lowest BCUT2D eigenvalue weighted by Crippen LogP contribution is -2.09. The fourth-order valence-electron chi connectivity index (χ4n) is 7.18. The minimum Gasteiger partial charge on any atom is -0.456 e. The molecule has 49 heavy (non-hydrogen) atoms. The van der Waals surface area contributed by atoms with Gasteiger partial charge in [-0.15, -0.1) is 11.3 Å². The van der Waals surface area contributed by atoms with Crippen LogP contribution < -0.4 is 4.90 Å². The van der Waals surface area contributed by atoms with Crippen molar-refractivity contribution in [2.24, 2.45) is 0 Å². The van der Waals surface area contributed by atoms with Crippen LogP contribution in [0.3, 0.4) is 0 Å². The Morgan fingerprint density at radius 3 is 1.76 bits per heavy atom. The third-order valence-electron chi connectivity index (χ3n) is 9.65. The van der Waals surface area contributed by atoms with Gasteiger partial charge in [0.1, 0.15) is 11.2 Å². The highest BCUT2D eigenvalue weighted by Gasteiger charge is 2.16. The van der Waals surface area contributed by atoms with Crippen LogP contribution in [0, 0.1) is 0 Å². The normalized spacial score (nSPS) is 11.7. The number of nitrogens with zero attached hydrogens (tertiary/aromatic N) is 1. The molecular formula is C46H29NOS. The first kappa shape index (κ1) is 27.9. The predicted octanol–water partition coefficient (Wildman–Crippen LogP) is 13.9. The summed E-state index contributed by atoms with van der Waals surface area (Å²) in [6, 6.07) is 63.4. The molecule has 0 amide bonds. The highest BCUT2D eigenvalue weighted by molar-refractivity contribution is 7.25. The van der Waals surface area contributed by atoms with E-state index < -0.39 is 0 Å². The van der Waals surface area contributed by atoms with Crippen LogP contribution in [-0.4, -0.2) is 0 Å². The number of hydrogen-bond donors (Lipinski definition) is 0. The summed E-state index contributed by atoms with van der Waals surface area (Å²) in [4.78, 5) is 2.36. The predicted molar refractivity (Wildman–Crippen MR) is 210 cm³/mol. The van der Waals surface area contributed by atoms with Gasteiger partial charge in [-0.2, -0.15) is 0 Å². The molecule has 0 aliphatic heterocycles. The third kappa shape index (κ3) is 4.78. The second-order valence-electron chi connectivity index (χ2n) is 12.6. The molecule has 0 saturated heterocycles. The summed E-state index contributed by atoms with van der Waals surface area (Å²) in [7, 11) is 0. The van der Waals surface area contributed by atoms with Gasteiger partial charge in [-0.1, -0.05) is 103 Å². The number of hydrogen-bond acceptors (Lipinski definition) is 3. The van der Waals surface area contributed by atoms with Crippen LogP contribution in [0.4, 0.5) is 17.1 Å². The van der Waals surface area contributed by atoms with Crippen LogP contribution in [0.2, 0.25) is 0 Å². The second kappa shape index (κ2) is 11.2. The standard InChI is InChI=1S/C46H29NOS/c1-2-8-30(9-3-1)31-16-20-36(21-17-31)47(38-24-25-46-42(29-38)40-11-5-7-13-45(40)49-46)37-22-18-32(19-23-37)33-14-15-34-27-41-39-10-4-6-12-43(39)48-44(41)28-35(34)26-33/h1-29H. The summed E-state index contributed by atoms with van der Waals surface area (Å²) >= 11 is 1.85. The first-order valence-corrected chi connectivity index (χ1v) is 17.4. The van der Waals surface area contributed by atoms with Crippen LogP contribution in [0.25, 0.3) is 75.1 Å². The maximum absolute atomic E-state index is 6.21. The van der Waals surface area contributed by atoms with E-state index in [1.807, 2.05) is 23.5 Å². The minimum atomic E-state index is 0.922. The molecule has 0 fully saturated rings. The van der Waals surface area contributed by atoms with Crippen molar-refractivity contribution in [2.45, 2.75) is 0 Å². The Labute approximate surface area is 287 Å². The molecule has 2 heterocycles. The molecule has 10 aromatic rings. The maximum atomic E-state index is 6.21. The van der Waals surface area contributed by atoms with E-state index >= 15 is 0 Å². The van der Waals surface area contributed by atoms with E-state index in [9.17, 15) is 0 Å². The number of furan rings is 1. The summed E-state index contributed by atoms with van der Waals surface area (Å²) in [6.07, 6.45) is 0. The van der Waals surface area contributed by atoms with Gasteiger partial charge >= 0.3 is 0 Å². The maximum Gasteiger partial charge on any atom is 0.136 e. The molecule has 0 radical (unpaired) electrons. The van der Waals surface area contributed by atoms with Gasteiger partial charge in [-0.3, -0.25) is 0 Å². The Balaban J connectivity index is 1.06. The van der Waals surface area contributed by atoms with Crippen molar-refractivity contribution in [1.29, 1.82) is 0 Å². The van der Waals surface area contributed by atoms with Crippen molar-refractivity contribution in [1.82, 2.24) is 0 Å². The van der Waals surface area contributed by atoms with Gasteiger partial charge in [0.2, 0.25) is 0 Å². The van der Waals surface area contributed by atoms with Crippen LogP contribution in [0.1, 0.15) is 0 Å². The van der Waals surface area contributed by atoms with Crippen molar-refractivity contribution in [3.8, 4) is 22.3 Å². The molecular weight excluding hydrogens is 615 g/mol. The number of benzene rings is 8. The Morgan fingerprint density at radius 1 is 0.347 bits per heavy atom. The van der Waals surface area contributed by atoms with Crippen molar-refractivity contribution in [2.75, 3.05) is 4.90 Å². The van der Waals surface area contributed by atoms with Crippen molar-refractivity contribution in [3.05, 3.63) is 176 Å². The zero-order valence-electron chi connectivity index (χ0n) is 26.5. The van der Waals surface area contributed by atoms with Gasteiger partial charge in [0.15, 0.2) is 0 Å². The quantitative estimate of drug-likeness (QED) is 0.186. The van der Waals surface area contributed by atoms with E-state index in [4.69, 9.17) is 4.42 Å². The van der Waals surface area contributed by atoms with Crippen LogP contribution >= 0.6 is 11.3 Å². The lowest BCUT2D eigenvalue weighted by Gasteiger charge is -2.26. The first-order valence-electron chi connectivity index (χ1n) is 16.6. The van der Waals surface area contributed by atoms with Crippen LogP contribution in [0.5, 0.6) is 0 Å². The van der Waals surface area contributed by atoms with E-state index in [0.717, 1.165) is 39.0 Å². The van der Waals surface area contributed by atoms with E-state index in [2.05, 4.69) is 169 Å². The van der Waals surface area contributed by atoms with Crippen molar-refractivity contribution in [3.63, 3.8) is 0 Å². The molecule has 2 nitrogen and oxygen atoms in total. The molecule has 0 saturated carbocycles. The van der Waals surface area contributed by atoms with Gasteiger partial charge in [0.05, 0.1) is 0 Å². The average molecular weight is 644 g/mol.